The third-order valence-electron chi connectivity index (χ3n) is 3.35. The Labute approximate surface area is 151 Å². The maximum absolute atomic E-state index is 11.6. The molecule has 0 aromatic carbocycles. The number of carbonyl (C=O) groups excluding carboxylic acids is 1. The van der Waals surface area contributed by atoms with E-state index >= 15 is 0 Å². The number of ether oxygens (including phenoxy) is 2. The van der Waals surface area contributed by atoms with Gasteiger partial charge in [-0.25, -0.2) is 4.68 Å². The highest BCUT2D eigenvalue weighted by molar-refractivity contribution is 5.81. The molecule has 0 radical (unpaired) electrons. The quantitative estimate of drug-likeness (QED) is 0.651. The van der Waals surface area contributed by atoms with Crippen molar-refractivity contribution in [1.29, 1.82) is 0 Å². The van der Waals surface area contributed by atoms with E-state index in [1.54, 1.807) is 0 Å². The summed E-state index contributed by atoms with van der Waals surface area (Å²) in [6, 6.07) is 0. The third kappa shape index (κ3) is 10.2. The van der Waals surface area contributed by atoms with E-state index in [9.17, 15) is 4.79 Å². The van der Waals surface area contributed by atoms with E-state index in [4.69, 9.17) is 9.47 Å². The molecule has 1 N–H and O–H groups in total. The Hall–Kier alpha value is -1.47. The van der Waals surface area contributed by atoms with E-state index in [0.717, 1.165) is 12.1 Å². The second-order valence-corrected chi connectivity index (χ2v) is 8.44. The number of aromatic nitrogens is 3. The predicted molar refractivity (Wildman–Crippen MR) is 97.3 cm³/mol. The van der Waals surface area contributed by atoms with Gasteiger partial charge >= 0.3 is 0 Å². The largest absolute Gasteiger partial charge is 0.377 e. The van der Waals surface area contributed by atoms with Gasteiger partial charge in [0.1, 0.15) is 0 Å². The van der Waals surface area contributed by atoms with E-state index in [-0.39, 0.29) is 16.7 Å². The maximum Gasteiger partial charge on any atom is 0.225 e. The Morgan fingerprint density at radius 2 is 1.72 bits per heavy atom. The molecule has 1 rings (SSSR count). The van der Waals surface area contributed by atoms with E-state index in [1.165, 1.54) is 0 Å². The fourth-order valence-corrected chi connectivity index (χ4v) is 2.05. The van der Waals surface area contributed by atoms with Gasteiger partial charge in [0, 0.05) is 18.2 Å². The number of hydrogen-bond donors (Lipinski definition) is 1. The Balaban J connectivity index is 2.01. The van der Waals surface area contributed by atoms with Gasteiger partial charge in [0.2, 0.25) is 5.91 Å². The number of hydrogen-bond acceptors (Lipinski definition) is 5. The molecule has 7 heteroatoms. The molecule has 0 atom stereocenters. The molecular formula is C18H34N4O3. The predicted octanol–water partition coefficient (Wildman–Crippen LogP) is 2.06. The molecule has 1 aromatic rings. The zero-order valence-electron chi connectivity index (χ0n) is 16.6. The molecule has 1 amide bonds. The van der Waals surface area contributed by atoms with Crippen molar-refractivity contribution in [3.63, 3.8) is 0 Å². The van der Waals surface area contributed by atoms with Crippen molar-refractivity contribution in [2.24, 2.45) is 10.8 Å². The summed E-state index contributed by atoms with van der Waals surface area (Å²) in [5.74, 6) is 0.0333. The summed E-state index contributed by atoms with van der Waals surface area (Å²) in [5, 5.41) is 11.1. The smallest absolute Gasteiger partial charge is 0.225 e. The molecule has 0 saturated carbocycles. The van der Waals surface area contributed by atoms with Crippen molar-refractivity contribution >= 4 is 5.91 Å². The molecule has 0 spiro atoms. The number of amides is 1. The average molecular weight is 354 g/mol. The third-order valence-corrected chi connectivity index (χ3v) is 3.35. The fraction of sp³-hybridized carbons (Fsp3) is 0.833. The lowest BCUT2D eigenvalue weighted by atomic mass is 9.91. The first-order valence-electron chi connectivity index (χ1n) is 8.91. The Bertz CT molecular complexity index is 515. The van der Waals surface area contributed by atoms with E-state index in [0.29, 0.717) is 39.5 Å². The molecule has 0 aliphatic rings. The summed E-state index contributed by atoms with van der Waals surface area (Å²) in [7, 11) is 0. The van der Waals surface area contributed by atoms with Gasteiger partial charge in [0.05, 0.1) is 38.7 Å². The van der Waals surface area contributed by atoms with Crippen LogP contribution in [0.5, 0.6) is 0 Å². The minimum atomic E-state index is -0.364. The lowest BCUT2D eigenvalue weighted by Gasteiger charge is -2.17. The molecule has 0 fully saturated rings. The van der Waals surface area contributed by atoms with Crippen LogP contribution in [-0.2, 0) is 27.2 Å². The summed E-state index contributed by atoms with van der Waals surface area (Å²) in [4.78, 5) is 11.6. The minimum absolute atomic E-state index is 0.0333. The van der Waals surface area contributed by atoms with Crippen LogP contribution in [-0.4, -0.2) is 53.9 Å². The van der Waals surface area contributed by atoms with Crippen molar-refractivity contribution in [2.45, 2.75) is 54.5 Å². The lowest BCUT2D eigenvalue weighted by molar-refractivity contribution is -0.128. The minimum Gasteiger partial charge on any atom is -0.377 e. The summed E-state index contributed by atoms with van der Waals surface area (Å²) in [6.45, 7) is 15.5. The van der Waals surface area contributed by atoms with Crippen LogP contribution in [0.25, 0.3) is 0 Å². The lowest BCUT2D eigenvalue weighted by Crippen LogP contribution is -2.36. The Morgan fingerprint density at radius 1 is 1.08 bits per heavy atom. The van der Waals surface area contributed by atoms with Crippen LogP contribution in [0.3, 0.4) is 0 Å². The standard InChI is InChI=1S/C18H34N4O3/c1-17(2,3)13-15-14-22(21-20-15)8-10-25-12-11-24-9-7-19-16(23)18(4,5)6/h14H,7-13H2,1-6H3,(H,19,23). The molecule has 144 valence electrons. The molecule has 0 aliphatic heterocycles. The molecule has 1 heterocycles. The van der Waals surface area contributed by atoms with E-state index in [2.05, 4.69) is 36.4 Å². The fourth-order valence-electron chi connectivity index (χ4n) is 2.05. The number of carbonyl (C=O) groups is 1. The van der Waals surface area contributed by atoms with Gasteiger partial charge in [-0.2, -0.15) is 0 Å². The van der Waals surface area contributed by atoms with Gasteiger partial charge < -0.3 is 14.8 Å². The molecule has 0 aliphatic carbocycles. The topological polar surface area (TPSA) is 78.3 Å². The number of nitrogens with zero attached hydrogens (tertiary/aromatic N) is 3. The molecule has 0 saturated heterocycles. The van der Waals surface area contributed by atoms with Crippen LogP contribution in [0.15, 0.2) is 6.20 Å². The molecule has 0 bridgehead atoms. The van der Waals surface area contributed by atoms with Gasteiger partial charge in [-0.3, -0.25) is 4.79 Å². The van der Waals surface area contributed by atoms with Crippen LogP contribution in [0.1, 0.15) is 47.2 Å². The summed E-state index contributed by atoms with van der Waals surface area (Å²) < 4.78 is 12.8. The summed E-state index contributed by atoms with van der Waals surface area (Å²) in [6.07, 6.45) is 2.89. The summed E-state index contributed by atoms with van der Waals surface area (Å²) in [5.41, 5.74) is 0.853. The van der Waals surface area contributed by atoms with Gasteiger partial charge in [0.25, 0.3) is 0 Å². The zero-order valence-corrected chi connectivity index (χ0v) is 16.6. The number of nitrogens with one attached hydrogen (secondary N) is 1. The van der Waals surface area contributed by atoms with Crippen LogP contribution >= 0.6 is 0 Å². The van der Waals surface area contributed by atoms with Crippen molar-refractivity contribution in [2.75, 3.05) is 33.0 Å². The van der Waals surface area contributed by atoms with Crippen molar-refractivity contribution in [3.8, 4) is 0 Å². The molecule has 1 aromatic heterocycles. The molecule has 7 nitrogen and oxygen atoms in total. The Morgan fingerprint density at radius 3 is 2.32 bits per heavy atom. The average Bonchev–Trinajstić information content (AvgIpc) is 2.89. The van der Waals surface area contributed by atoms with Crippen molar-refractivity contribution in [1.82, 2.24) is 20.3 Å². The first kappa shape index (κ1) is 21.6. The van der Waals surface area contributed by atoms with Gasteiger partial charge in [-0.15, -0.1) is 5.10 Å². The highest BCUT2D eigenvalue weighted by Crippen LogP contribution is 2.18. The van der Waals surface area contributed by atoms with Crippen molar-refractivity contribution in [3.05, 3.63) is 11.9 Å². The normalized spacial score (nSPS) is 12.4. The Kier molecular flexibility index (Phi) is 8.52. The van der Waals surface area contributed by atoms with E-state index < -0.39 is 0 Å². The zero-order chi connectivity index (χ0) is 18.9. The molecule has 0 unspecified atom stereocenters. The molecule has 25 heavy (non-hydrogen) atoms. The molecular weight excluding hydrogens is 320 g/mol. The van der Waals surface area contributed by atoms with Crippen LogP contribution in [0.4, 0.5) is 0 Å². The van der Waals surface area contributed by atoms with Gasteiger partial charge in [-0.1, -0.05) is 46.8 Å². The second-order valence-electron chi connectivity index (χ2n) is 8.44. The summed E-state index contributed by atoms with van der Waals surface area (Å²) >= 11 is 0. The highest BCUT2D eigenvalue weighted by atomic mass is 16.5. The van der Waals surface area contributed by atoms with Gasteiger partial charge in [-0.05, 0) is 11.8 Å². The van der Waals surface area contributed by atoms with Crippen LogP contribution < -0.4 is 5.32 Å². The van der Waals surface area contributed by atoms with E-state index in [1.807, 2.05) is 31.6 Å². The second kappa shape index (κ2) is 9.87. The monoisotopic (exact) mass is 354 g/mol. The number of rotatable bonds is 10. The van der Waals surface area contributed by atoms with Gasteiger partial charge in [0.15, 0.2) is 0 Å². The van der Waals surface area contributed by atoms with Crippen molar-refractivity contribution < 1.29 is 14.3 Å². The first-order valence-corrected chi connectivity index (χ1v) is 8.91. The maximum atomic E-state index is 11.6. The highest BCUT2D eigenvalue weighted by Gasteiger charge is 2.20. The van der Waals surface area contributed by atoms with Crippen LogP contribution in [0, 0.1) is 10.8 Å². The first-order chi connectivity index (χ1) is 11.6. The van der Waals surface area contributed by atoms with Crippen LogP contribution in [0.2, 0.25) is 0 Å². The SMILES string of the molecule is CC(C)(C)Cc1cn(CCOCCOCCNC(=O)C(C)(C)C)nn1.